The molecule has 2 rings (SSSR count). The fraction of sp³-hybridized carbons (Fsp3) is 0.500. The van der Waals surface area contributed by atoms with Crippen LogP contribution in [-0.4, -0.2) is 44.0 Å². The quantitative estimate of drug-likeness (QED) is 0.815. The fourth-order valence-corrected chi connectivity index (χ4v) is 3.65. The minimum atomic E-state index is -3.62. The predicted molar refractivity (Wildman–Crippen MR) is 93.2 cm³/mol. The summed E-state index contributed by atoms with van der Waals surface area (Å²) in [4.78, 5) is 24.8. The largest absolute Gasteiger partial charge is 0.343 e. The summed E-state index contributed by atoms with van der Waals surface area (Å²) < 4.78 is 26.7. The van der Waals surface area contributed by atoms with Crippen molar-refractivity contribution in [3.8, 4) is 0 Å². The lowest BCUT2D eigenvalue weighted by Gasteiger charge is -2.26. The van der Waals surface area contributed by atoms with Crippen LogP contribution in [0.4, 0.5) is 11.4 Å². The number of piperidine rings is 1. The Labute approximate surface area is 142 Å². The lowest BCUT2D eigenvalue weighted by atomic mass is 10.1. The Hall–Kier alpha value is -2.09. The second-order valence-electron chi connectivity index (χ2n) is 5.87. The summed E-state index contributed by atoms with van der Waals surface area (Å²) >= 11 is 0. The number of nitrogens with one attached hydrogen (secondary N) is 2. The molecule has 1 fully saturated rings. The first-order valence-corrected chi connectivity index (χ1v) is 9.67. The minimum absolute atomic E-state index is 0.0271. The van der Waals surface area contributed by atoms with Gasteiger partial charge in [-0.05, 0) is 37.5 Å². The molecule has 2 N–H and O–H groups in total. The Bertz CT molecular complexity index is 697. The van der Waals surface area contributed by atoms with E-state index in [4.69, 9.17) is 0 Å². The van der Waals surface area contributed by atoms with Crippen LogP contribution in [0.1, 0.15) is 32.6 Å². The second-order valence-corrected chi connectivity index (χ2v) is 7.72. The summed E-state index contributed by atoms with van der Waals surface area (Å²) in [6.07, 6.45) is 3.05. The third-order valence-corrected chi connectivity index (χ3v) is 5.04. The third-order valence-electron chi connectivity index (χ3n) is 3.75. The number of amides is 2. The molecule has 0 aromatic heterocycles. The van der Waals surface area contributed by atoms with Crippen molar-refractivity contribution in [1.29, 1.82) is 0 Å². The number of carbonyl (C=O) groups excluding carboxylic acids is 2. The van der Waals surface area contributed by atoms with Gasteiger partial charge in [-0.3, -0.25) is 14.3 Å². The van der Waals surface area contributed by atoms with Crippen molar-refractivity contribution in [3.63, 3.8) is 0 Å². The number of likely N-dealkylation sites (tertiary alicyclic amines) is 1. The molecule has 0 bridgehead atoms. The number of nitrogens with zero attached hydrogens (tertiary/aromatic N) is 1. The molecule has 8 heteroatoms. The van der Waals surface area contributed by atoms with E-state index in [1.54, 1.807) is 23.1 Å². The van der Waals surface area contributed by atoms with Crippen molar-refractivity contribution < 1.29 is 18.0 Å². The Morgan fingerprint density at radius 1 is 1.12 bits per heavy atom. The predicted octanol–water partition coefficient (Wildman–Crippen LogP) is 1.79. The van der Waals surface area contributed by atoms with Gasteiger partial charge in [-0.2, -0.15) is 0 Å². The Kier molecular flexibility index (Phi) is 6.19. The normalized spacial score (nSPS) is 15.0. The van der Waals surface area contributed by atoms with E-state index in [0.717, 1.165) is 19.3 Å². The molecule has 132 valence electrons. The van der Waals surface area contributed by atoms with Gasteiger partial charge in [-0.1, -0.05) is 6.07 Å². The van der Waals surface area contributed by atoms with E-state index in [2.05, 4.69) is 10.0 Å². The molecular formula is C16H23N3O4S. The molecule has 0 saturated carbocycles. The molecule has 1 saturated heterocycles. The van der Waals surface area contributed by atoms with Crippen molar-refractivity contribution in [2.45, 2.75) is 32.6 Å². The zero-order valence-corrected chi connectivity index (χ0v) is 14.6. The molecule has 1 aliphatic rings. The zero-order valence-electron chi connectivity index (χ0n) is 13.7. The van der Waals surface area contributed by atoms with Crippen molar-refractivity contribution in [2.75, 3.05) is 28.9 Å². The van der Waals surface area contributed by atoms with Crippen molar-refractivity contribution >= 4 is 33.2 Å². The first-order valence-electron chi connectivity index (χ1n) is 8.02. The average Bonchev–Trinajstić information content (AvgIpc) is 2.53. The highest BCUT2D eigenvalue weighted by molar-refractivity contribution is 7.92. The van der Waals surface area contributed by atoms with Gasteiger partial charge < -0.3 is 10.2 Å². The van der Waals surface area contributed by atoms with E-state index in [0.29, 0.717) is 24.5 Å². The molecule has 0 atom stereocenters. The van der Waals surface area contributed by atoms with Gasteiger partial charge in [-0.25, -0.2) is 8.42 Å². The molecular weight excluding hydrogens is 330 g/mol. The minimum Gasteiger partial charge on any atom is -0.343 e. The standard InChI is InChI=1S/C16H23N3O4S/c1-13(20)17-14-6-5-7-15(12-14)18-24(22,23)11-8-16(21)19-9-3-2-4-10-19/h5-7,12,18H,2-4,8-11H2,1H3,(H,17,20). The van der Waals surface area contributed by atoms with Crippen LogP contribution in [0.3, 0.4) is 0 Å². The molecule has 2 amide bonds. The smallest absolute Gasteiger partial charge is 0.233 e. The molecule has 7 nitrogen and oxygen atoms in total. The molecule has 0 unspecified atom stereocenters. The fourth-order valence-electron chi connectivity index (χ4n) is 2.62. The number of benzene rings is 1. The van der Waals surface area contributed by atoms with Crippen LogP contribution in [0.2, 0.25) is 0 Å². The van der Waals surface area contributed by atoms with E-state index < -0.39 is 10.0 Å². The number of sulfonamides is 1. The SMILES string of the molecule is CC(=O)Nc1cccc(NS(=O)(=O)CCC(=O)N2CCCCC2)c1. The van der Waals surface area contributed by atoms with Crippen LogP contribution in [0, 0.1) is 0 Å². The Balaban J connectivity index is 1.91. The molecule has 1 aromatic carbocycles. The first kappa shape index (κ1) is 18.3. The first-order chi connectivity index (χ1) is 11.4. The summed E-state index contributed by atoms with van der Waals surface area (Å²) in [5.41, 5.74) is 0.860. The van der Waals surface area contributed by atoms with Gasteiger partial charge in [0.15, 0.2) is 0 Å². The second kappa shape index (κ2) is 8.14. The van der Waals surface area contributed by atoms with Crippen LogP contribution in [-0.2, 0) is 19.6 Å². The van der Waals surface area contributed by atoms with Gasteiger partial charge >= 0.3 is 0 Å². The lowest BCUT2D eigenvalue weighted by Crippen LogP contribution is -2.36. The summed E-state index contributed by atoms with van der Waals surface area (Å²) in [5, 5.41) is 2.59. The molecule has 0 spiro atoms. The van der Waals surface area contributed by atoms with Gasteiger partial charge in [-0.15, -0.1) is 0 Å². The average molecular weight is 353 g/mol. The van der Waals surface area contributed by atoms with Gasteiger partial charge in [0.05, 0.1) is 11.4 Å². The highest BCUT2D eigenvalue weighted by Crippen LogP contribution is 2.17. The summed E-state index contributed by atoms with van der Waals surface area (Å²) in [7, 11) is -3.62. The summed E-state index contributed by atoms with van der Waals surface area (Å²) in [6.45, 7) is 2.80. The molecule has 0 radical (unpaired) electrons. The number of rotatable bonds is 6. The van der Waals surface area contributed by atoms with Crippen LogP contribution < -0.4 is 10.0 Å². The maximum atomic E-state index is 12.2. The molecule has 1 heterocycles. The Morgan fingerprint density at radius 2 is 1.79 bits per heavy atom. The number of anilines is 2. The number of hydrogen-bond donors (Lipinski definition) is 2. The van der Waals surface area contributed by atoms with E-state index in [-0.39, 0.29) is 24.0 Å². The monoisotopic (exact) mass is 353 g/mol. The van der Waals surface area contributed by atoms with Gasteiger partial charge in [0.25, 0.3) is 0 Å². The molecule has 24 heavy (non-hydrogen) atoms. The van der Waals surface area contributed by atoms with E-state index in [1.807, 2.05) is 0 Å². The topological polar surface area (TPSA) is 95.6 Å². The molecule has 0 aliphatic carbocycles. The van der Waals surface area contributed by atoms with Gasteiger partial charge in [0, 0.05) is 32.1 Å². The highest BCUT2D eigenvalue weighted by Gasteiger charge is 2.19. The number of carbonyl (C=O) groups is 2. The lowest BCUT2D eigenvalue weighted by molar-refractivity contribution is -0.131. The van der Waals surface area contributed by atoms with Crippen molar-refractivity contribution in [1.82, 2.24) is 4.90 Å². The van der Waals surface area contributed by atoms with E-state index in [9.17, 15) is 18.0 Å². The summed E-state index contributed by atoms with van der Waals surface area (Å²) in [6, 6.07) is 6.43. The van der Waals surface area contributed by atoms with Crippen LogP contribution >= 0.6 is 0 Å². The summed E-state index contributed by atoms with van der Waals surface area (Å²) in [5.74, 6) is -0.610. The maximum Gasteiger partial charge on any atom is 0.233 e. The van der Waals surface area contributed by atoms with E-state index in [1.165, 1.54) is 13.0 Å². The van der Waals surface area contributed by atoms with Gasteiger partial charge in [0.1, 0.15) is 0 Å². The van der Waals surface area contributed by atoms with Crippen molar-refractivity contribution in [3.05, 3.63) is 24.3 Å². The maximum absolute atomic E-state index is 12.2. The van der Waals surface area contributed by atoms with Crippen LogP contribution in [0.5, 0.6) is 0 Å². The number of hydrogen-bond acceptors (Lipinski definition) is 4. The van der Waals surface area contributed by atoms with E-state index >= 15 is 0 Å². The Morgan fingerprint density at radius 3 is 2.46 bits per heavy atom. The van der Waals surface area contributed by atoms with Crippen LogP contribution in [0.25, 0.3) is 0 Å². The van der Waals surface area contributed by atoms with Gasteiger partial charge in [0.2, 0.25) is 21.8 Å². The zero-order chi connectivity index (χ0) is 17.6. The van der Waals surface area contributed by atoms with Crippen LogP contribution in [0.15, 0.2) is 24.3 Å². The molecule has 1 aliphatic heterocycles. The highest BCUT2D eigenvalue weighted by atomic mass is 32.2. The van der Waals surface area contributed by atoms with Crippen molar-refractivity contribution in [2.24, 2.45) is 0 Å². The third kappa shape index (κ3) is 5.84. The molecule has 1 aromatic rings.